The standard InChI is InChI=1S/C12H14ClN3O2S2/c1-7-11(14)3-9(13)4-12(7)20(17,18)15-5-10-6-19-8(2)16-10/h3-4,6,15H,5,14H2,1-2H3. The van der Waals surface area contributed by atoms with Crippen LogP contribution in [0.3, 0.4) is 0 Å². The van der Waals surface area contributed by atoms with Gasteiger partial charge >= 0.3 is 0 Å². The third kappa shape index (κ3) is 3.29. The highest BCUT2D eigenvalue weighted by atomic mass is 35.5. The molecular weight excluding hydrogens is 318 g/mol. The van der Waals surface area contributed by atoms with Crippen molar-refractivity contribution in [2.24, 2.45) is 0 Å². The van der Waals surface area contributed by atoms with E-state index in [2.05, 4.69) is 9.71 Å². The van der Waals surface area contributed by atoms with E-state index in [9.17, 15) is 8.42 Å². The van der Waals surface area contributed by atoms with Gasteiger partial charge in [0.1, 0.15) is 0 Å². The van der Waals surface area contributed by atoms with Crippen molar-refractivity contribution in [1.82, 2.24) is 9.71 Å². The maximum absolute atomic E-state index is 12.3. The van der Waals surface area contributed by atoms with E-state index in [1.54, 1.807) is 6.92 Å². The smallest absolute Gasteiger partial charge is 0.241 e. The minimum atomic E-state index is -3.67. The van der Waals surface area contributed by atoms with Gasteiger partial charge in [-0.05, 0) is 31.5 Å². The molecular formula is C12H14ClN3O2S2. The number of sulfonamides is 1. The summed E-state index contributed by atoms with van der Waals surface area (Å²) in [6.45, 7) is 3.65. The molecule has 3 N–H and O–H groups in total. The van der Waals surface area contributed by atoms with E-state index in [-0.39, 0.29) is 16.5 Å². The monoisotopic (exact) mass is 331 g/mol. The number of halogens is 1. The number of nitrogens with two attached hydrogens (primary N) is 1. The summed E-state index contributed by atoms with van der Waals surface area (Å²) in [6, 6.07) is 2.92. The maximum Gasteiger partial charge on any atom is 0.241 e. The number of anilines is 1. The summed E-state index contributed by atoms with van der Waals surface area (Å²) in [5.41, 5.74) is 7.26. The predicted octanol–water partition coefficient (Wildman–Crippen LogP) is 2.47. The fourth-order valence-corrected chi connectivity index (χ4v) is 3.89. The first-order valence-corrected chi connectivity index (χ1v) is 8.50. The van der Waals surface area contributed by atoms with Crippen molar-refractivity contribution in [3.63, 3.8) is 0 Å². The lowest BCUT2D eigenvalue weighted by Gasteiger charge is -2.11. The number of hydrogen-bond donors (Lipinski definition) is 2. The Morgan fingerprint density at radius 1 is 1.40 bits per heavy atom. The second-order valence-electron chi connectivity index (χ2n) is 4.30. The molecule has 0 spiro atoms. The molecule has 0 bridgehead atoms. The lowest BCUT2D eigenvalue weighted by molar-refractivity contribution is 0.580. The number of nitrogens with one attached hydrogen (secondary N) is 1. The number of hydrogen-bond acceptors (Lipinski definition) is 5. The number of nitrogen functional groups attached to an aromatic ring is 1. The molecule has 0 fully saturated rings. The summed E-state index contributed by atoms with van der Waals surface area (Å²) >= 11 is 7.34. The highest BCUT2D eigenvalue weighted by Gasteiger charge is 2.19. The summed E-state index contributed by atoms with van der Waals surface area (Å²) in [6.07, 6.45) is 0. The lowest BCUT2D eigenvalue weighted by Crippen LogP contribution is -2.24. The van der Waals surface area contributed by atoms with E-state index >= 15 is 0 Å². The number of thiazole rings is 1. The summed E-state index contributed by atoms with van der Waals surface area (Å²) in [5.74, 6) is 0. The number of nitrogens with zero attached hydrogens (tertiary/aromatic N) is 1. The lowest BCUT2D eigenvalue weighted by atomic mass is 10.2. The van der Waals surface area contributed by atoms with Crippen LogP contribution in [0.15, 0.2) is 22.4 Å². The van der Waals surface area contributed by atoms with Crippen LogP contribution in [0.2, 0.25) is 5.02 Å². The van der Waals surface area contributed by atoms with Crippen molar-refractivity contribution in [1.29, 1.82) is 0 Å². The summed E-state index contributed by atoms with van der Waals surface area (Å²) in [5, 5.41) is 3.00. The van der Waals surface area contributed by atoms with Crippen LogP contribution in [-0.4, -0.2) is 13.4 Å². The summed E-state index contributed by atoms with van der Waals surface area (Å²) < 4.78 is 27.1. The summed E-state index contributed by atoms with van der Waals surface area (Å²) in [4.78, 5) is 4.30. The molecule has 1 heterocycles. The molecule has 0 radical (unpaired) electrons. The van der Waals surface area contributed by atoms with Crippen molar-refractivity contribution < 1.29 is 8.42 Å². The van der Waals surface area contributed by atoms with E-state index in [0.717, 1.165) is 5.01 Å². The van der Waals surface area contributed by atoms with Gasteiger partial charge in [-0.15, -0.1) is 11.3 Å². The first-order valence-electron chi connectivity index (χ1n) is 5.76. The van der Waals surface area contributed by atoms with Gasteiger partial charge in [0.25, 0.3) is 0 Å². The Bertz CT molecular complexity index is 741. The van der Waals surface area contributed by atoms with Crippen LogP contribution in [0.25, 0.3) is 0 Å². The van der Waals surface area contributed by atoms with Crippen molar-refractivity contribution in [3.8, 4) is 0 Å². The fourth-order valence-electron chi connectivity index (χ4n) is 1.69. The Morgan fingerprint density at radius 3 is 2.70 bits per heavy atom. The Kier molecular flexibility index (Phi) is 4.33. The van der Waals surface area contributed by atoms with Crippen LogP contribution in [0.4, 0.5) is 5.69 Å². The van der Waals surface area contributed by atoms with Gasteiger partial charge in [-0.25, -0.2) is 18.1 Å². The fraction of sp³-hybridized carbons (Fsp3) is 0.250. The zero-order chi connectivity index (χ0) is 14.9. The van der Waals surface area contributed by atoms with Crippen LogP contribution < -0.4 is 10.5 Å². The second-order valence-corrected chi connectivity index (χ2v) is 7.53. The van der Waals surface area contributed by atoms with Crippen LogP contribution >= 0.6 is 22.9 Å². The molecule has 1 aromatic carbocycles. The quantitative estimate of drug-likeness (QED) is 0.843. The highest BCUT2D eigenvalue weighted by molar-refractivity contribution is 7.89. The van der Waals surface area contributed by atoms with Crippen LogP contribution in [0.1, 0.15) is 16.3 Å². The molecule has 5 nitrogen and oxygen atoms in total. The first kappa shape index (κ1) is 15.2. The maximum atomic E-state index is 12.3. The minimum Gasteiger partial charge on any atom is -0.398 e. The number of benzene rings is 1. The Hall–Kier alpha value is -1.15. The highest BCUT2D eigenvalue weighted by Crippen LogP contribution is 2.26. The SMILES string of the molecule is Cc1nc(CNS(=O)(=O)c2cc(Cl)cc(N)c2C)cs1. The van der Waals surface area contributed by atoms with E-state index in [0.29, 0.717) is 16.9 Å². The first-order chi connectivity index (χ1) is 9.29. The van der Waals surface area contributed by atoms with Gasteiger partial charge in [0.05, 0.1) is 22.1 Å². The zero-order valence-corrected chi connectivity index (χ0v) is 13.4. The van der Waals surface area contributed by atoms with Gasteiger partial charge < -0.3 is 5.73 Å². The van der Waals surface area contributed by atoms with Crippen molar-refractivity contribution in [3.05, 3.63) is 38.8 Å². The minimum absolute atomic E-state index is 0.0921. The molecule has 0 saturated heterocycles. The Labute approximate surface area is 126 Å². The summed E-state index contributed by atoms with van der Waals surface area (Å²) in [7, 11) is -3.67. The van der Waals surface area contributed by atoms with E-state index in [4.69, 9.17) is 17.3 Å². The average Bonchev–Trinajstić information content (AvgIpc) is 2.77. The number of aromatic nitrogens is 1. The second kappa shape index (κ2) is 5.69. The normalized spacial score (nSPS) is 11.8. The third-order valence-corrected chi connectivity index (χ3v) is 5.33. The molecule has 8 heteroatoms. The van der Waals surface area contributed by atoms with Gasteiger partial charge in [0.2, 0.25) is 10.0 Å². The zero-order valence-electron chi connectivity index (χ0n) is 11.0. The largest absolute Gasteiger partial charge is 0.398 e. The molecule has 108 valence electrons. The predicted molar refractivity (Wildman–Crippen MR) is 81.5 cm³/mol. The molecule has 1 aromatic heterocycles. The van der Waals surface area contributed by atoms with Gasteiger partial charge in [0.15, 0.2) is 0 Å². The third-order valence-electron chi connectivity index (χ3n) is 2.76. The van der Waals surface area contributed by atoms with Crippen LogP contribution in [-0.2, 0) is 16.6 Å². The molecule has 0 atom stereocenters. The molecule has 0 unspecified atom stereocenters. The average molecular weight is 332 g/mol. The topological polar surface area (TPSA) is 85.1 Å². The van der Waals surface area contributed by atoms with E-state index in [1.165, 1.54) is 23.5 Å². The Balaban J connectivity index is 2.27. The van der Waals surface area contributed by atoms with Crippen molar-refractivity contribution >= 4 is 38.6 Å². The van der Waals surface area contributed by atoms with E-state index < -0.39 is 10.0 Å². The molecule has 0 aliphatic rings. The van der Waals surface area contributed by atoms with Gasteiger partial charge in [-0.2, -0.15) is 0 Å². The molecule has 0 aliphatic carbocycles. The van der Waals surface area contributed by atoms with E-state index in [1.807, 2.05) is 12.3 Å². The van der Waals surface area contributed by atoms with Crippen LogP contribution in [0.5, 0.6) is 0 Å². The van der Waals surface area contributed by atoms with Gasteiger partial charge in [-0.1, -0.05) is 11.6 Å². The Morgan fingerprint density at radius 2 is 2.10 bits per heavy atom. The van der Waals surface area contributed by atoms with Crippen LogP contribution in [0, 0.1) is 13.8 Å². The molecule has 20 heavy (non-hydrogen) atoms. The number of aryl methyl sites for hydroxylation is 1. The molecule has 0 saturated carbocycles. The number of rotatable bonds is 4. The van der Waals surface area contributed by atoms with Crippen molar-refractivity contribution in [2.45, 2.75) is 25.3 Å². The van der Waals surface area contributed by atoms with Crippen molar-refractivity contribution in [2.75, 3.05) is 5.73 Å². The molecule has 0 amide bonds. The molecule has 2 aromatic rings. The van der Waals surface area contributed by atoms with Gasteiger partial charge in [-0.3, -0.25) is 0 Å². The molecule has 2 rings (SSSR count). The van der Waals surface area contributed by atoms with Gasteiger partial charge in [0, 0.05) is 16.1 Å². The molecule has 0 aliphatic heterocycles.